The molecular formula is C25H24O3S. The Hall–Kier alpha value is -2.72. The molecule has 1 aromatic heterocycles. The van der Waals surface area contributed by atoms with Gasteiger partial charge < -0.3 is 5.11 Å². The van der Waals surface area contributed by atoms with Crippen LogP contribution in [0.25, 0.3) is 27.3 Å². The number of benzene rings is 2. The molecule has 29 heavy (non-hydrogen) atoms. The number of phenols is 1. The summed E-state index contributed by atoms with van der Waals surface area (Å²) < 4.78 is 0.930. The number of hydrogen-bond acceptors (Lipinski definition) is 4. The van der Waals surface area contributed by atoms with Crippen molar-refractivity contribution in [2.45, 2.75) is 39.0 Å². The van der Waals surface area contributed by atoms with Crippen molar-refractivity contribution in [1.82, 2.24) is 0 Å². The van der Waals surface area contributed by atoms with Crippen LogP contribution in [0.3, 0.4) is 0 Å². The Labute approximate surface area is 174 Å². The van der Waals surface area contributed by atoms with Crippen molar-refractivity contribution < 1.29 is 14.7 Å². The molecular weight excluding hydrogens is 380 g/mol. The molecule has 0 unspecified atom stereocenters. The lowest BCUT2D eigenvalue weighted by molar-refractivity contribution is -0.112. The maximum Gasteiger partial charge on any atom is 0.176 e. The Kier molecular flexibility index (Phi) is 5.63. The highest BCUT2D eigenvalue weighted by Gasteiger charge is 2.27. The summed E-state index contributed by atoms with van der Waals surface area (Å²) in [5.41, 5.74) is 2.89. The zero-order valence-electron chi connectivity index (χ0n) is 16.5. The van der Waals surface area contributed by atoms with E-state index in [4.69, 9.17) is 0 Å². The number of rotatable bonds is 5. The van der Waals surface area contributed by atoms with Gasteiger partial charge in [0.1, 0.15) is 5.75 Å². The smallest absolute Gasteiger partial charge is 0.176 e. The number of hydrogen-bond donors (Lipinski definition) is 1. The first kappa shape index (κ1) is 19.6. The van der Waals surface area contributed by atoms with Crippen LogP contribution in [0.5, 0.6) is 5.75 Å². The minimum Gasteiger partial charge on any atom is -0.508 e. The molecule has 1 heterocycles. The highest BCUT2D eigenvalue weighted by atomic mass is 32.1. The van der Waals surface area contributed by atoms with Crippen LogP contribution in [0.2, 0.25) is 0 Å². The molecule has 3 nitrogen and oxygen atoms in total. The lowest BCUT2D eigenvalue weighted by Gasteiger charge is -2.20. The molecule has 0 spiro atoms. The van der Waals surface area contributed by atoms with E-state index in [2.05, 4.69) is 0 Å². The molecule has 0 radical (unpaired) electrons. The van der Waals surface area contributed by atoms with Crippen molar-refractivity contribution in [3.8, 4) is 16.9 Å². The summed E-state index contributed by atoms with van der Waals surface area (Å²) in [6.45, 7) is 1.53. The first-order valence-electron chi connectivity index (χ1n) is 10.1. The summed E-state index contributed by atoms with van der Waals surface area (Å²) in [7, 11) is 0. The molecule has 4 heteroatoms. The van der Waals surface area contributed by atoms with Crippen molar-refractivity contribution in [2.75, 3.05) is 0 Å². The van der Waals surface area contributed by atoms with Gasteiger partial charge in [-0.25, -0.2) is 0 Å². The largest absolute Gasteiger partial charge is 0.508 e. The van der Waals surface area contributed by atoms with Crippen LogP contribution in [0.1, 0.15) is 54.3 Å². The van der Waals surface area contributed by atoms with E-state index in [0.717, 1.165) is 57.3 Å². The third-order valence-corrected chi connectivity index (χ3v) is 6.75. The third-order valence-electron chi connectivity index (χ3n) is 5.58. The number of allylic oxidation sites excluding steroid dienone is 1. The van der Waals surface area contributed by atoms with Crippen molar-refractivity contribution in [1.29, 1.82) is 0 Å². The normalized spacial score (nSPS) is 15.2. The van der Waals surface area contributed by atoms with Crippen molar-refractivity contribution in [2.24, 2.45) is 5.92 Å². The molecule has 1 saturated carbocycles. The molecule has 1 fully saturated rings. The van der Waals surface area contributed by atoms with E-state index in [1.165, 1.54) is 24.7 Å². The second-order valence-electron chi connectivity index (χ2n) is 7.75. The average Bonchev–Trinajstić information content (AvgIpc) is 3.11. The van der Waals surface area contributed by atoms with Crippen LogP contribution in [0.15, 0.2) is 48.5 Å². The number of Topliss-reactive ketones (excluding diaryl/α,β-unsaturated/α-hetero) is 1. The van der Waals surface area contributed by atoms with Crippen molar-refractivity contribution >= 4 is 39.1 Å². The van der Waals surface area contributed by atoms with E-state index < -0.39 is 0 Å². The Morgan fingerprint density at radius 2 is 1.76 bits per heavy atom. The monoisotopic (exact) mass is 404 g/mol. The fourth-order valence-electron chi connectivity index (χ4n) is 4.07. The number of ketones is 2. The van der Waals surface area contributed by atoms with Crippen LogP contribution in [0.4, 0.5) is 0 Å². The third kappa shape index (κ3) is 4.18. The van der Waals surface area contributed by atoms with Gasteiger partial charge in [-0.3, -0.25) is 9.59 Å². The van der Waals surface area contributed by atoms with Crippen molar-refractivity contribution in [3.63, 3.8) is 0 Å². The Bertz CT molecular complexity index is 1080. The molecule has 0 aliphatic heterocycles. The van der Waals surface area contributed by atoms with E-state index in [-0.39, 0.29) is 23.2 Å². The molecule has 148 valence electrons. The number of carbonyl (C=O) groups is 2. The molecule has 0 atom stereocenters. The van der Waals surface area contributed by atoms with Gasteiger partial charge in [-0.15, -0.1) is 11.3 Å². The molecule has 1 aliphatic rings. The molecule has 4 rings (SSSR count). The van der Waals surface area contributed by atoms with E-state index >= 15 is 0 Å². The summed E-state index contributed by atoms with van der Waals surface area (Å²) in [5, 5.41) is 10.9. The Morgan fingerprint density at radius 1 is 1.03 bits per heavy atom. The number of fused-ring (bicyclic) bond motifs is 1. The lowest BCUT2D eigenvalue weighted by Crippen LogP contribution is -2.17. The van der Waals surface area contributed by atoms with E-state index in [0.29, 0.717) is 0 Å². The molecule has 0 bridgehead atoms. The van der Waals surface area contributed by atoms with Gasteiger partial charge in [0, 0.05) is 21.6 Å². The summed E-state index contributed by atoms with van der Waals surface area (Å²) >= 11 is 1.48. The first-order valence-corrected chi connectivity index (χ1v) is 10.9. The van der Waals surface area contributed by atoms with E-state index in [1.807, 2.05) is 30.3 Å². The minimum atomic E-state index is 0.0121. The summed E-state index contributed by atoms with van der Waals surface area (Å²) in [5.74, 6) is 0.563. The highest BCUT2D eigenvalue weighted by Crippen LogP contribution is 2.42. The first-order chi connectivity index (χ1) is 14.0. The maximum absolute atomic E-state index is 13.4. The molecule has 0 saturated heterocycles. The van der Waals surface area contributed by atoms with Crippen LogP contribution in [-0.4, -0.2) is 16.7 Å². The second-order valence-corrected chi connectivity index (χ2v) is 8.80. The quantitative estimate of drug-likeness (QED) is 0.383. The summed E-state index contributed by atoms with van der Waals surface area (Å²) in [6, 6.07) is 13.3. The van der Waals surface area contributed by atoms with Crippen molar-refractivity contribution in [3.05, 3.63) is 59.0 Å². The van der Waals surface area contributed by atoms with E-state index in [9.17, 15) is 14.7 Å². The van der Waals surface area contributed by atoms with Crippen LogP contribution in [0, 0.1) is 5.92 Å². The number of aromatic hydroxyl groups is 1. The predicted molar refractivity (Wildman–Crippen MR) is 120 cm³/mol. The SMILES string of the molecule is CC(=O)/C=C/c1ccc(-c2c(C(=O)C3CCCCC3)sc3cc(O)ccc23)cc1. The lowest BCUT2D eigenvalue weighted by atomic mass is 9.84. The Morgan fingerprint density at radius 3 is 2.45 bits per heavy atom. The van der Waals surface area contributed by atoms with Gasteiger partial charge in [0.25, 0.3) is 0 Å². The van der Waals surface area contributed by atoms with Gasteiger partial charge in [0.05, 0.1) is 4.88 Å². The van der Waals surface area contributed by atoms with Gasteiger partial charge in [0.15, 0.2) is 11.6 Å². The van der Waals surface area contributed by atoms with Crippen LogP contribution < -0.4 is 0 Å². The van der Waals surface area contributed by atoms with Gasteiger partial charge >= 0.3 is 0 Å². The van der Waals surface area contributed by atoms with Gasteiger partial charge in [-0.05, 0) is 55.2 Å². The number of phenolic OH excluding ortho intramolecular Hbond substituents is 1. The summed E-state index contributed by atoms with van der Waals surface area (Å²) in [4.78, 5) is 25.4. The molecule has 3 aromatic rings. The number of thiophene rings is 1. The molecule has 0 amide bonds. The van der Waals surface area contributed by atoms with Gasteiger partial charge in [0.2, 0.25) is 0 Å². The standard InChI is InChI=1S/C25H24O3S/c1-16(26)7-8-17-9-11-18(12-10-17)23-21-14-13-20(27)15-22(21)29-25(23)24(28)19-5-3-2-4-6-19/h7-15,19,27H,2-6H2,1H3/b8-7+. The van der Waals surface area contributed by atoms with Crippen LogP contribution in [-0.2, 0) is 4.79 Å². The van der Waals surface area contributed by atoms with Gasteiger partial charge in [-0.1, -0.05) is 49.6 Å². The molecule has 2 aromatic carbocycles. The second kappa shape index (κ2) is 8.34. The molecule has 1 N–H and O–H groups in total. The summed E-state index contributed by atoms with van der Waals surface area (Å²) in [6.07, 6.45) is 8.73. The topological polar surface area (TPSA) is 54.4 Å². The van der Waals surface area contributed by atoms with Crippen LogP contribution >= 0.6 is 11.3 Å². The fourth-order valence-corrected chi connectivity index (χ4v) is 5.35. The fraction of sp³-hybridized carbons (Fsp3) is 0.280. The zero-order valence-corrected chi connectivity index (χ0v) is 17.3. The zero-order chi connectivity index (χ0) is 20.4. The Balaban J connectivity index is 1.79. The molecule has 1 aliphatic carbocycles. The average molecular weight is 405 g/mol. The maximum atomic E-state index is 13.4. The highest BCUT2D eigenvalue weighted by molar-refractivity contribution is 7.21. The minimum absolute atomic E-state index is 0.0121. The number of carbonyl (C=O) groups excluding carboxylic acids is 2. The predicted octanol–water partition coefficient (Wildman–Crippen LogP) is 6.64. The van der Waals surface area contributed by atoms with Gasteiger partial charge in [-0.2, -0.15) is 0 Å². The van der Waals surface area contributed by atoms with E-state index in [1.54, 1.807) is 24.3 Å².